The maximum absolute atomic E-state index is 12.2. The predicted molar refractivity (Wildman–Crippen MR) is 75.1 cm³/mol. The third-order valence-corrected chi connectivity index (χ3v) is 4.05. The Hall–Kier alpha value is -2.24. The highest BCUT2D eigenvalue weighted by Gasteiger charge is 2.27. The van der Waals surface area contributed by atoms with Crippen molar-refractivity contribution in [3.8, 4) is 0 Å². The van der Waals surface area contributed by atoms with Crippen LogP contribution in [0.15, 0.2) is 24.3 Å². The van der Waals surface area contributed by atoms with Crippen LogP contribution < -0.4 is 0 Å². The van der Waals surface area contributed by atoms with Gasteiger partial charge in [0.25, 0.3) is 5.69 Å². The van der Waals surface area contributed by atoms with Gasteiger partial charge in [-0.2, -0.15) is 0 Å². The van der Waals surface area contributed by atoms with E-state index >= 15 is 0 Å². The number of carboxylic acid groups (broad SMARTS) is 1. The Morgan fingerprint density at radius 2 is 1.90 bits per heavy atom. The first-order chi connectivity index (χ1) is 9.97. The van der Waals surface area contributed by atoms with Crippen molar-refractivity contribution in [2.75, 3.05) is 0 Å². The van der Waals surface area contributed by atoms with Crippen molar-refractivity contribution in [3.05, 3.63) is 39.9 Å². The molecule has 0 saturated heterocycles. The number of ketones is 1. The monoisotopic (exact) mass is 291 g/mol. The molecule has 0 heterocycles. The van der Waals surface area contributed by atoms with Crippen LogP contribution in [0, 0.1) is 22.0 Å². The highest BCUT2D eigenvalue weighted by atomic mass is 16.6. The number of carbonyl (C=O) groups is 2. The molecule has 0 unspecified atom stereocenters. The lowest BCUT2D eigenvalue weighted by molar-refractivity contribution is -0.384. The summed E-state index contributed by atoms with van der Waals surface area (Å²) in [7, 11) is 0. The zero-order chi connectivity index (χ0) is 15.4. The van der Waals surface area contributed by atoms with Gasteiger partial charge in [-0.25, -0.2) is 0 Å². The van der Waals surface area contributed by atoms with E-state index in [0.717, 1.165) is 12.8 Å². The summed E-state index contributed by atoms with van der Waals surface area (Å²) in [5.74, 6) is -1.00. The molecule has 0 spiro atoms. The van der Waals surface area contributed by atoms with Crippen molar-refractivity contribution in [2.24, 2.45) is 11.8 Å². The van der Waals surface area contributed by atoms with Crippen molar-refractivity contribution in [1.82, 2.24) is 0 Å². The fraction of sp³-hybridized carbons (Fsp3) is 0.467. The van der Waals surface area contributed by atoms with E-state index in [9.17, 15) is 19.7 Å². The van der Waals surface area contributed by atoms with E-state index < -0.39 is 10.9 Å². The van der Waals surface area contributed by atoms with Gasteiger partial charge in [0.2, 0.25) is 0 Å². The summed E-state index contributed by atoms with van der Waals surface area (Å²) >= 11 is 0. The van der Waals surface area contributed by atoms with Crippen molar-refractivity contribution in [2.45, 2.75) is 32.1 Å². The average molecular weight is 291 g/mol. The van der Waals surface area contributed by atoms with E-state index in [1.165, 1.54) is 18.2 Å². The van der Waals surface area contributed by atoms with Crippen molar-refractivity contribution in [3.63, 3.8) is 0 Å². The number of hydrogen-bond donors (Lipinski definition) is 1. The van der Waals surface area contributed by atoms with Gasteiger partial charge in [-0.05, 0) is 31.6 Å². The molecular formula is C15H17NO5. The molecular weight excluding hydrogens is 274 g/mol. The number of benzene rings is 1. The molecule has 112 valence electrons. The first-order valence-electron chi connectivity index (χ1n) is 6.98. The van der Waals surface area contributed by atoms with Crippen molar-refractivity contribution < 1.29 is 19.6 Å². The topological polar surface area (TPSA) is 97.5 Å². The van der Waals surface area contributed by atoms with Crippen LogP contribution in [0.5, 0.6) is 0 Å². The molecule has 0 amide bonds. The third-order valence-electron chi connectivity index (χ3n) is 4.05. The van der Waals surface area contributed by atoms with Gasteiger partial charge in [-0.3, -0.25) is 19.7 Å². The van der Waals surface area contributed by atoms with Gasteiger partial charge in [-0.1, -0.05) is 12.1 Å². The molecule has 1 fully saturated rings. The summed E-state index contributed by atoms with van der Waals surface area (Å²) in [4.78, 5) is 33.2. The number of aliphatic carboxylic acids is 1. The summed E-state index contributed by atoms with van der Waals surface area (Å²) in [6, 6.07) is 5.74. The molecule has 1 aromatic carbocycles. The van der Waals surface area contributed by atoms with Gasteiger partial charge in [0.15, 0.2) is 5.78 Å². The fourth-order valence-electron chi connectivity index (χ4n) is 2.79. The van der Waals surface area contributed by atoms with Crippen LogP contribution in [0.1, 0.15) is 42.5 Å². The molecule has 6 nitrogen and oxygen atoms in total. The number of hydrogen-bond acceptors (Lipinski definition) is 4. The lowest BCUT2D eigenvalue weighted by Gasteiger charge is -2.25. The minimum atomic E-state index is -0.765. The molecule has 1 N–H and O–H groups in total. The molecule has 21 heavy (non-hydrogen) atoms. The number of nitro groups is 1. The standard InChI is InChI=1S/C15H17NO5/c17-14(12-2-1-3-13(9-12)16(20)21)8-10-4-6-11(7-5-10)15(18)19/h1-3,9-11H,4-8H2,(H,18,19). The van der Waals surface area contributed by atoms with E-state index in [1.807, 2.05) is 0 Å². The second-order valence-electron chi connectivity index (χ2n) is 5.49. The third kappa shape index (κ3) is 3.87. The van der Waals surface area contributed by atoms with E-state index in [4.69, 9.17) is 5.11 Å². The van der Waals surface area contributed by atoms with Gasteiger partial charge >= 0.3 is 5.97 Å². The van der Waals surface area contributed by atoms with Gasteiger partial charge in [0.1, 0.15) is 0 Å². The van der Waals surface area contributed by atoms with E-state index in [1.54, 1.807) is 6.07 Å². The van der Waals surface area contributed by atoms with E-state index in [2.05, 4.69) is 0 Å². The van der Waals surface area contributed by atoms with Crippen LogP contribution in [0.2, 0.25) is 0 Å². The molecule has 0 bridgehead atoms. The van der Waals surface area contributed by atoms with Gasteiger partial charge in [0, 0.05) is 24.1 Å². The van der Waals surface area contributed by atoms with Crippen LogP contribution >= 0.6 is 0 Å². The Kier molecular flexibility index (Phi) is 4.67. The predicted octanol–water partition coefficient (Wildman–Crippen LogP) is 3.06. The Morgan fingerprint density at radius 1 is 1.24 bits per heavy atom. The van der Waals surface area contributed by atoms with Gasteiger partial charge < -0.3 is 5.11 Å². The number of carbonyl (C=O) groups excluding carboxylic acids is 1. The van der Waals surface area contributed by atoms with Crippen LogP contribution in [0.3, 0.4) is 0 Å². The summed E-state index contributed by atoms with van der Waals surface area (Å²) in [5, 5.41) is 19.6. The minimum absolute atomic E-state index is 0.0876. The lowest BCUT2D eigenvalue weighted by Crippen LogP contribution is -2.22. The summed E-state index contributed by atoms with van der Waals surface area (Å²) in [5.41, 5.74) is 0.264. The zero-order valence-corrected chi connectivity index (χ0v) is 11.5. The lowest BCUT2D eigenvalue weighted by atomic mass is 9.79. The average Bonchev–Trinajstić information content (AvgIpc) is 2.48. The fourth-order valence-corrected chi connectivity index (χ4v) is 2.79. The summed E-state index contributed by atoms with van der Waals surface area (Å²) < 4.78 is 0. The molecule has 0 radical (unpaired) electrons. The normalized spacial score (nSPS) is 21.7. The van der Waals surface area contributed by atoms with Gasteiger partial charge in [-0.15, -0.1) is 0 Å². The van der Waals surface area contributed by atoms with Gasteiger partial charge in [0.05, 0.1) is 10.8 Å². The summed E-state index contributed by atoms with van der Waals surface area (Å²) in [6.07, 6.45) is 2.97. The molecule has 1 aliphatic carbocycles. The highest BCUT2D eigenvalue weighted by Crippen LogP contribution is 2.32. The second kappa shape index (κ2) is 6.47. The number of rotatable bonds is 5. The van der Waals surface area contributed by atoms with Crippen molar-refractivity contribution >= 4 is 17.4 Å². The molecule has 0 atom stereocenters. The Bertz CT molecular complexity index is 561. The van der Waals surface area contributed by atoms with Crippen LogP contribution in [0.4, 0.5) is 5.69 Å². The maximum Gasteiger partial charge on any atom is 0.306 e. The molecule has 0 aromatic heterocycles. The first-order valence-corrected chi connectivity index (χ1v) is 6.98. The molecule has 1 aliphatic rings. The number of nitro benzene ring substituents is 1. The number of non-ortho nitro benzene ring substituents is 1. The minimum Gasteiger partial charge on any atom is -0.481 e. The van der Waals surface area contributed by atoms with Crippen LogP contribution in [-0.2, 0) is 4.79 Å². The first kappa shape index (κ1) is 15.2. The molecule has 1 aromatic rings. The Morgan fingerprint density at radius 3 is 2.48 bits per heavy atom. The van der Waals surface area contributed by atoms with Crippen LogP contribution in [-0.4, -0.2) is 21.8 Å². The van der Waals surface area contributed by atoms with Crippen molar-refractivity contribution in [1.29, 1.82) is 0 Å². The number of carboxylic acids is 1. The summed E-state index contributed by atoms with van der Waals surface area (Å²) in [6.45, 7) is 0. The quantitative estimate of drug-likeness (QED) is 0.510. The molecule has 2 rings (SSSR count). The van der Waals surface area contributed by atoms with Crippen LogP contribution in [0.25, 0.3) is 0 Å². The second-order valence-corrected chi connectivity index (χ2v) is 5.49. The molecule has 0 aliphatic heterocycles. The zero-order valence-electron chi connectivity index (χ0n) is 11.5. The molecule has 6 heteroatoms. The Labute approximate surface area is 121 Å². The van der Waals surface area contributed by atoms with E-state index in [0.29, 0.717) is 24.8 Å². The number of nitrogens with zero attached hydrogens (tertiary/aromatic N) is 1. The maximum atomic E-state index is 12.2. The largest absolute Gasteiger partial charge is 0.481 e. The smallest absolute Gasteiger partial charge is 0.306 e. The van der Waals surface area contributed by atoms with E-state index in [-0.39, 0.29) is 23.3 Å². The highest BCUT2D eigenvalue weighted by molar-refractivity contribution is 5.96. The Balaban J connectivity index is 1.95. The molecule has 1 saturated carbocycles. The SMILES string of the molecule is O=C(CC1CCC(C(=O)O)CC1)c1cccc([N+](=O)[O-])c1. The number of Topliss-reactive ketones (excluding diaryl/α,β-unsaturated/α-hetero) is 1.